The Labute approximate surface area is 184 Å². The van der Waals surface area contributed by atoms with Crippen LogP contribution in [0.3, 0.4) is 0 Å². The predicted octanol–water partition coefficient (Wildman–Crippen LogP) is 3.30. The molecule has 0 fully saturated rings. The van der Waals surface area contributed by atoms with Crippen molar-refractivity contribution in [2.24, 2.45) is 0 Å². The molecule has 1 heterocycles. The number of H-pyrrole nitrogens is 1. The average Bonchev–Trinajstić information content (AvgIpc) is 2.78. The number of fused-ring (bicyclic) bond motifs is 1. The van der Waals surface area contributed by atoms with Crippen LogP contribution >= 0.6 is 0 Å². The molecule has 0 radical (unpaired) electrons. The van der Waals surface area contributed by atoms with E-state index in [9.17, 15) is 23.1 Å². The Hall–Kier alpha value is -3.91. The molecule has 0 bridgehead atoms. The van der Waals surface area contributed by atoms with Crippen LogP contribution in [0.15, 0.2) is 87.4 Å². The largest absolute Gasteiger partial charge is 0.506 e. The van der Waals surface area contributed by atoms with Gasteiger partial charge in [0.05, 0.1) is 10.4 Å². The van der Waals surface area contributed by atoms with Gasteiger partial charge in [-0.05, 0) is 42.8 Å². The zero-order valence-electron chi connectivity index (χ0n) is 17.1. The van der Waals surface area contributed by atoms with Crippen LogP contribution in [0.1, 0.15) is 21.5 Å². The van der Waals surface area contributed by atoms with Gasteiger partial charge < -0.3 is 15.4 Å². The van der Waals surface area contributed by atoms with Gasteiger partial charge in [-0.25, -0.2) is 8.42 Å². The van der Waals surface area contributed by atoms with Crippen molar-refractivity contribution in [3.8, 4) is 5.75 Å². The van der Waals surface area contributed by atoms with Crippen LogP contribution in [-0.2, 0) is 16.4 Å². The standard InChI is InChI=1S/C24H20N2O5S/c1-15-7-10-18(11-8-15)32(30,31)22-21(27)19-12-9-17(13-20(19)26-24(22)29)23(28)25-14-16-5-3-2-4-6-16/h2-13H,14H2,1H3,(H,25,28)(H2,26,27,29). The summed E-state index contributed by atoms with van der Waals surface area (Å²) in [5.41, 5.74) is 1.25. The van der Waals surface area contributed by atoms with Crippen LogP contribution in [0.4, 0.5) is 0 Å². The van der Waals surface area contributed by atoms with Crippen molar-refractivity contribution in [2.75, 3.05) is 0 Å². The third-order valence-corrected chi connectivity index (χ3v) is 6.91. The first-order valence-electron chi connectivity index (χ1n) is 9.80. The zero-order chi connectivity index (χ0) is 22.9. The highest BCUT2D eigenvalue weighted by atomic mass is 32.2. The van der Waals surface area contributed by atoms with Crippen LogP contribution in [0.2, 0.25) is 0 Å². The number of aromatic hydroxyl groups is 1. The lowest BCUT2D eigenvalue weighted by atomic mass is 10.1. The van der Waals surface area contributed by atoms with Crippen molar-refractivity contribution < 1.29 is 18.3 Å². The van der Waals surface area contributed by atoms with Gasteiger partial charge in [0.25, 0.3) is 11.5 Å². The number of hydrogen-bond donors (Lipinski definition) is 3. The summed E-state index contributed by atoms with van der Waals surface area (Å²) in [5, 5.41) is 13.6. The maximum Gasteiger partial charge on any atom is 0.271 e. The third kappa shape index (κ3) is 4.00. The van der Waals surface area contributed by atoms with Gasteiger partial charge in [0, 0.05) is 17.5 Å². The molecule has 32 heavy (non-hydrogen) atoms. The maximum absolute atomic E-state index is 13.0. The smallest absolute Gasteiger partial charge is 0.271 e. The first-order chi connectivity index (χ1) is 15.3. The van der Waals surface area contributed by atoms with E-state index in [0.29, 0.717) is 6.54 Å². The highest BCUT2D eigenvalue weighted by Crippen LogP contribution is 2.31. The second kappa shape index (κ2) is 8.32. The van der Waals surface area contributed by atoms with E-state index in [1.54, 1.807) is 12.1 Å². The summed E-state index contributed by atoms with van der Waals surface area (Å²) >= 11 is 0. The summed E-state index contributed by atoms with van der Waals surface area (Å²) in [6.45, 7) is 2.14. The molecule has 0 unspecified atom stereocenters. The van der Waals surface area contributed by atoms with Crippen LogP contribution in [0.25, 0.3) is 10.9 Å². The van der Waals surface area contributed by atoms with Crippen molar-refractivity contribution >= 4 is 26.6 Å². The van der Waals surface area contributed by atoms with Gasteiger partial charge in [-0.3, -0.25) is 9.59 Å². The van der Waals surface area contributed by atoms with Gasteiger partial charge in [0.15, 0.2) is 4.90 Å². The number of nitrogens with one attached hydrogen (secondary N) is 2. The van der Waals surface area contributed by atoms with Gasteiger partial charge in [-0.2, -0.15) is 0 Å². The molecule has 162 valence electrons. The highest BCUT2D eigenvalue weighted by molar-refractivity contribution is 7.91. The first-order valence-corrected chi connectivity index (χ1v) is 11.3. The van der Waals surface area contributed by atoms with E-state index in [4.69, 9.17) is 0 Å². The molecule has 4 aromatic rings. The van der Waals surface area contributed by atoms with Gasteiger partial charge in [-0.15, -0.1) is 0 Å². The summed E-state index contributed by atoms with van der Waals surface area (Å²) in [6.07, 6.45) is 0. The quantitative estimate of drug-likeness (QED) is 0.433. The molecule has 8 heteroatoms. The van der Waals surface area contributed by atoms with E-state index in [1.807, 2.05) is 37.3 Å². The molecule has 0 aliphatic carbocycles. The van der Waals surface area contributed by atoms with Gasteiger partial charge in [-0.1, -0.05) is 48.0 Å². The summed E-state index contributed by atoms with van der Waals surface area (Å²) in [4.78, 5) is 26.8. The Bertz CT molecular complexity index is 1480. The number of aromatic amines is 1. The van der Waals surface area contributed by atoms with Crippen molar-refractivity contribution in [3.63, 3.8) is 0 Å². The minimum absolute atomic E-state index is 0.0971. The number of hydrogen-bond acceptors (Lipinski definition) is 5. The number of amides is 1. The lowest BCUT2D eigenvalue weighted by Crippen LogP contribution is -2.23. The van der Waals surface area contributed by atoms with Crippen LogP contribution < -0.4 is 10.9 Å². The van der Waals surface area contributed by atoms with E-state index < -0.39 is 26.0 Å². The van der Waals surface area contributed by atoms with E-state index in [0.717, 1.165) is 11.1 Å². The molecule has 0 atom stereocenters. The second-order valence-corrected chi connectivity index (χ2v) is 9.26. The molecule has 4 rings (SSSR count). The highest BCUT2D eigenvalue weighted by Gasteiger charge is 2.27. The normalized spacial score (nSPS) is 11.4. The predicted molar refractivity (Wildman–Crippen MR) is 120 cm³/mol. The monoisotopic (exact) mass is 448 g/mol. The SMILES string of the molecule is Cc1ccc(S(=O)(=O)c2c(O)c3ccc(C(=O)NCc4ccccc4)cc3[nH]c2=O)cc1. The lowest BCUT2D eigenvalue weighted by Gasteiger charge is -2.10. The Kier molecular flexibility index (Phi) is 5.54. The van der Waals surface area contributed by atoms with Gasteiger partial charge in [0.1, 0.15) is 5.75 Å². The van der Waals surface area contributed by atoms with E-state index in [1.165, 1.54) is 30.3 Å². The molecule has 0 saturated carbocycles. The molecule has 1 amide bonds. The molecule has 7 nitrogen and oxygen atoms in total. The molecular weight excluding hydrogens is 428 g/mol. The van der Waals surface area contributed by atoms with E-state index in [-0.39, 0.29) is 27.3 Å². The fourth-order valence-corrected chi connectivity index (χ4v) is 4.76. The Morgan fingerprint density at radius 2 is 1.69 bits per heavy atom. The summed E-state index contributed by atoms with van der Waals surface area (Å²) < 4.78 is 26.0. The minimum atomic E-state index is -4.25. The van der Waals surface area contributed by atoms with Crippen molar-refractivity contribution in [1.82, 2.24) is 10.3 Å². The summed E-state index contributed by atoms with van der Waals surface area (Å²) in [7, 11) is -4.25. The van der Waals surface area contributed by atoms with E-state index >= 15 is 0 Å². The summed E-state index contributed by atoms with van der Waals surface area (Å²) in [6, 6.07) is 19.6. The number of aromatic nitrogens is 1. The number of rotatable bonds is 5. The number of benzene rings is 3. The van der Waals surface area contributed by atoms with Crippen LogP contribution in [0.5, 0.6) is 5.75 Å². The van der Waals surface area contributed by atoms with Crippen LogP contribution in [0, 0.1) is 6.92 Å². The molecule has 0 saturated heterocycles. The van der Waals surface area contributed by atoms with Gasteiger partial charge >= 0.3 is 0 Å². The maximum atomic E-state index is 13.0. The van der Waals surface area contributed by atoms with Crippen molar-refractivity contribution in [1.29, 1.82) is 0 Å². The Morgan fingerprint density at radius 1 is 1.00 bits per heavy atom. The number of carbonyl (C=O) groups is 1. The Balaban J connectivity index is 1.70. The van der Waals surface area contributed by atoms with Gasteiger partial charge in [0.2, 0.25) is 9.84 Å². The fourth-order valence-electron chi connectivity index (χ4n) is 3.37. The Morgan fingerprint density at radius 3 is 2.38 bits per heavy atom. The zero-order valence-corrected chi connectivity index (χ0v) is 17.9. The number of sulfone groups is 1. The fraction of sp³-hybridized carbons (Fsp3) is 0.0833. The molecule has 0 aliphatic heterocycles. The minimum Gasteiger partial charge on any atom is -0.506 e. The molecular formula is C24H20N2O5S. The topological polar surface area (TPSA) is 116 Å². The van der Waals surface area contributed by atoms with E-state index in [2.05, 4.69) is 10.3 Å². The first kappa shape index (κ1) is 21.3. The average molecular weight is 449 g/mol. The second-order valence-electron chi connectivity index (χ2n) is 7.38. The van der Waals surface area contributed by atoms with Crippen LogP contribution in [-0.4, -0.2) is 24.4 Å². The number of aryl methyl sites for hydroxylation is 1. The molecule has 0 spiro atoms. The molecule has 3 aromatic carbocycles. The van der Waals surface area contributed by atoms with Crippen molar-refractivity contribution in [3.05, 3.63) is 99.8 Å². The molecule has 0 aliphatic rings. The molecule has 3 N–H and O–H groups in total. The third-order valence-electron chi connectivity index (χ3n) is 5.10. The summed E-state index contributed by atoms with van der Waals surface area (Å²) in [5.74, 6) is -1.02. The lowest BCUT2D eigenvalue weighted by molar-refractivity contribution is 0.0951. The number of pyridine rings is 1. The van der Waals surface area contributed by atoms with Crippen molar-refractivity contribution in [2.45, 2.75) is 23.3 Å². The molecule has 1 aromatic heterocycles. The number of carbonyl (C=O) groups excluding carboxylic acids is 1.